The van der Waals surface area contributed by atoms with Crippen molar-refractivity contribution in [1.82, 2.24) is 25.3 Å². The molecule has 1 fully saturated rings. The third-order valence-corrected chi connectivity index (χ3v) is 4.19. The number of hydrogen-bond acceptors (Lipinski definition) is 9. The van der Waals surface area contributed by atoms with Crippen molar-refractivity contribution in [2.24, 2.45) is 0 Å². The molecule has 3 heterocycles. The molecule has 0 unspecified atom stereocenters. The Morgan fingerprint density at radius 2 is 2.08 bits per heavy atom. The van der Waals surface area contributed by atoms with Crippen molar-refractivity contribution < 1.29 is 9.53 Å². The van der Waals surface area contributed by atoms with Crippen LogP contribution in [0.5, 0.6) is 5.88 Å². The summed E-state index contributed by atoms with van der Waals surface area (Å²) in [6.45, 7) is 6.02. The summed E-state index contributed by atoms with van der Waals surface area (Å²) in [6.07, 6.45) is 0. The molecule has 3 rings (SSSR count). The lowest BCUT2D eigenvalue weighted by atomic mass is 10.3. The van der Waals surface area contributed by atoms with E-state index in [1.807, 2.05) is 19.1 Å². The summed E-state index contributed by atoms with van der Waals surface area (Å²) in [5, 5.41) is 19.0. The zero-order chi connectivity index (χ0) is 16.8. The third-order valence-electron chi connectivity index (χ3n) is 3.59. The van der Waals surface area contributed by atoms with Crippen molar-refractivity contribution in [3.63, 3.8) is 0 Å². The number of nitrogens with zero attached hydrogens (tertiary/aromatic N) is 6. The maximum Gasteiger partial charge on any atom is 0.240 e. The molecule has 24 heavy (non-hydrogen) atoms. The van der Waals surface area contributed by atoms with E-state index in [9.17, 15) is 4.79 Å². The summed E-state index contributed by atoms with van der Waals surface area (Å²) in [4.78, 5) is 16.2. The lowest BCUT2D eigenvalue weighted by molar-refractivity contribution is -0.117. The van der Waals surface area contributed by atoms with Crippen molar-refractivity contribution in [3.8, 4) is 5.88 Å². The van der Waals surface area contributed by atoms with Gasteiger partial charge in [-0.15, -0.1) is 20.4 Å². The first-order valence-electron chi connectivity index (χ1n) is 7.74. The van der Waals surface area contributed by atoms with Crippen molar-refractivity contribution in [2.75, 3.05) is 49.5 Å². The Kier molecular flexibility index (Phi) is 5.49. The van der Waals surface area contributed by atoms with Crippen LogP contribution < -0.4 is 15.0 Å². The first kappa shape index (κ1) is 16.5. The van der Waals surface area contributed by atoms with Crippen molar-refractivity contribution in [2.45, 2.75) is 6.92 Å². The predicted molar refractivity (Wildman–Crippen MR) is 90.4 cm³/mol. The minimum atomic E-state index is -0.0685. The summed E-state index contributed by atoms with van der Waals surface area (Å²) in [7, 11) is 0. The molecule has 0 atom stereocenters. The normalized spacial score (nSPS) is 15.3. The standard InChI is InChI=1S/C14H19N7O2S/c1-2-23-13-4-3-11(17-18-13)21-7-5-20(6-8-21)9-12(22)16-14-19-15-10-24-14/h3-4,10H,2,5-9H2,1H3,(H,16,19,22). The van der Waals surface area contributed by atoms with E-state index in [1.165, 1.54) is 11.3 Å². The van der Waals surface area contributed by atoms with E-state index in [-0.39, 0.29) is 5.91 Å². The number of carbonyl (C=O) groups excluding carboxylic acids is 1. The Labute approximate surface area is 143 Å². The smallest absolute Gasteiger partial charge is 0.240 e. The fourth-order valence-corrected chi connectivity index (χ4v) is 2.89. The zero-order valence-electron chi connectivity index (χ0n) is 13.4. The number of amides is 1. The molecule has 1 amide bonds. The number of nitrogens with one attached hydrogen (secondary N) is 1. The van der Waals surface area contributed by atoms with Gasteiger partial charge in [0.2, 0.25) is 16.9 Å². The van der Waals surface area contributed by atoms with Crippen LogP contribution in [0.1, 0.15) is 6.92 Å². The maximum absolute atomic E-state index is 12.0. The van der Waals surface area contributed by atoms with E-state index >= 15 is 0 Å². The van der Waals surface area contributed by atoms with Crippen molar-refractivity contribution in [3.05, 3.63) is 17.6 Å². The summed E-state index contributed by atoms with van der Waals surface area (Å²) in [6, 6.07) is 3.74. The second kappa shape index (κ2) is 7.97. The van der Waals surface area contributed by atoms with Crippen LogP contribution in [0.3, 0.4) is 0 Å². The summed E-state index contributed by atoms with van der Waals surface area (Å²) >= 11 is 1.31. The van der Waals surface area contributed by atoms with Crippen LogP contribution in [0, 0.1) is 0 Å². The van der Waals surface area contributed by atoms with Crippen LogP contribution in [0.2, 0.25) is 0 Å². The number of carbonyl (C=O) groups is 1. The second-order valence-electron chi connectivity index (χ2n) is 5.22. The molecule has 2 aromatic heterocycles. The Balaban J connectivity index is 1.46. The molecule has 1 aliphatic heterocycles. The van der Waals surface area contributed by atoms with E-state index in [0.29, 0.717) is 24.2 Å². The van der Waals surface area contributed by atoms with E-state index in [4.69, 9.17) is 4.74 Å². The highest BCUT2D eigenvalue weighted by atomic mass is 32.1. The summed E-state index contributed by atoms with van der Waals surface area (Å²) < 4.78 is 5.30. The number of piperazine rings is 1. The van der Waals surface area contributed by atoms with E-state index in [0.717, 1.165) is 32.0 Å². The van der Waals surface area contributed by atoms with Crippen LogP contribution in [0.25, 0.3) is 0 Å². The predicted octanol–water partition coefficient (Wildman–Crippen LogP) is 0.487. The van der Waals surface area contributed by atoms with Crippen LogP contribution in [0.15, 0.2) is 17.6 Å². The Morgan fingerprint density at radius 1 is 1.25 bits per heavy atom. The zero-order valence-corrected chi connectivity index (χ0v) is 14.2. The minimum absolute atomic E-state index is 0.0685. The highest BCUT2D eigenvalue weighted by molar-refractivity contribution is 7.13. The van der Waals surface area contributed by atoms with E-state index in [1.54, 1.807) is 5.51 Å². The molecule has 2 aromatic rings. The van der Waals surface area contributed by atoms with Gasteiger partial charge in [0, 0.05) is 32.2 Å². The Morgan fingerprint density at radius 3 is 2.71 bits per heavy atom. The van der Waals surface area contributed by atoms with Gasteiger partial charge in [-0.05, 0) is 13.0 Å². The van der Waals surface area contributed by atoms with E-state index < -0.39 is 0 Å². The molecule has 1 aliphatic rings. The van der Waals surface area contributed by atoms with Gasteiger partial charge < -0.3 is 9.64 Å². The average Bonchev–Trinajstić information content (AvgIpc) is 3.09. The first-order valence-corrected chi connectivity index (χ1v) is 8.62. The second-order valence-corrected chi connectivity index (χ2v) is 6.05. The molecule has 0 saturated carbocycles. The average molecular weight is 349 g/mol. The van der Waals surface area contributed by atoms with Gasteiger partial charge in [0.05, 0.1) is 13.2 Å². The van der Waals surface area contributed by atoms with Crippen LogP contribution in [0.4, 0.5) is 10.9 Å². The molecule has 0 bridgehead atoms. The fourth-order valence-electron chi connectivity index (χ4n) is 2.43. The maximum atomic E-state index is 12.0. The van der Waals surface area contributed by atoms with Crippen LogP contribution in [-0.2, 0) is 4.79 Å². The summed E-state index contributed by atoms with van der Waals surface area (Å²) in [5.41, 5.74) is 1.59. The molecule has 128 valence electrons. The molecule has 10 heteroatoms. The minimum Gasteiger partial charge on any atom is -0.477 e. The molecule has 1 N–H and O–H groups in total. The SMILES string of the molecule is CCOc1ccc(N2CCN(CC(=O)Nc3nncs3)CC2)nn1. The molecule has 0 aromatic carbocycles. The highest BCUT2D eigenvalue weighted by Gasteiger charge is 2.20. The largest absolute Gasteiger partial charge is 0.477 e. The van der Waals surface area contributed by atoms with Gasteiger partial charge in [0.1, 0.15) is 5.51 Å². The Bertz CT molecular complexity index is 642. The number of aromatic nitrogens is 4. The number of rotatable bonds is 6. The molecule has 0 radical (unpaired) electrons. The van der Waals surface area contributed by atoms with Gasteiger partial charge in [-0.1, -0.05) is 11.3 Å². The van der Waals surface area contributed by atoms with Gasteiger partial charge in [-0.2, -0.15) is 0 Å². The van der Waals surface area contributed by atoms with Gasteiger partial charge >= 0.3 is 0 Å². The summed E-state index contributed by atoms with van der Waals surface area (Å²) in [5.74, 6) is 1.30. The van der Waals surface area contributed by atoms with Gasteiger partial charge in [0.15, 0.2) is 5.82 Å². The Hall–Kier alpha value is -2.33. The first-order chi connectivity index (χ1) is 11.7. The quantitative estimate of drug-likeness (QED) is 0.805. The monoisotopic (exact) mass is 349 g/mol. The number of anilines is 2. The van der Waals surface area contributed by atoms with Crippen LogP contribution >= 0.6 is 11.3 Å². The molecular weight excluding hydrogens is 330 g/mol. The molecule has 0 aliphatic carbocycles. The number of ether oxygens (including phenoxy) is 1. The van der Waals surface area contributed by atoms with Gasteiger partial charge in [-0.3, -0.25) is 15.0 Å². The molecule has 1 saturated heterocycles. The third kappa shape index (κ3) is 4.36. The highest BCUT2D eigenvalue weighted by Crippen LogP contribution is 2.15. The van der Waals surface area contributed by atoms with E-state index in [2.05, 4.69) is 35.5 Å². The van der Waals surface area contributed by atoms with Crippen molar-refractivity contribution >= 4 is 28.2 Å². The van der Waals surface area contributed by atoms with Crippen LogP contribution in [-0.4, -0.2) is 70.5 Å². The number of hydrogen-bond donors (Lipinski definition) is 1. The molecule has 0 spiro atoms. The van der Waals surface area contributed by atoms with Gasteiger partial charge in [0.25, 0.3) is 0 Å². The lowest BCUT2D eigenvalue weighted by Crippen LogP contribution is -2.49. The fraction of sp³-hybridized carbons (Fsp3) is 0.500. The molecule has 9 nitrogen and oxygen atoms in total. The topological polar surface area (TPSA) is 96.4 Å². The lowest BCUT2D eigenvalue weighted by Gasteiger charge is -2.34. The van der Waals surface area contributed by atoms with Crippen molar-refractivity contribution in [1.29, 1.82) is 0 Å². The van der Waals surface area contributed by atoms with Gasteiger partial charge in [-0.25, -0.2) is 0 Å². The molecular formula is C14H19N7O2S.